The van der Waals surface area contributed by atoms with E-state index in [2.05, 4.69) is 10.3 Å². The molecule has 0 fully saturated rings. The van der Waals surface area contributed by atoms with E-state index < -0.39 is 0 Å². The third kappa shape index (κ3) is 2.59. The van der Waals surface area contributed by atoms with E-state index in [1.165, 1.54) is 0 Å². The Balaban J connectivity index is 2.75. The summed E-state index contributed by atoms with van der Waals surface area (Å²) >= 11 is 0. The van der Waals surface area contributed by atoms with Gasteiger partial charge in [-0.3, -0.25) is 0 Å². The molecule has 0 radical (unpaired) electrons. The molecule has 0 unspecified atom stereocenters. The van der Waals surface area contributed by atoms with Crippen LogP contribution in [0.1, 0.15) is 0 Å². The van der Waals surface area contributed by atoms with Gasteiger partial charge in [0.05, 0.1) is 6.61 Å². The second-order valence-electron chi connectivity index (χ2n) is 2.79. The van der Waals surface area contributed by atoms with Crippen LogP contribution in [0.25, 0.3) is 0 Å². The Morgan fingerprint density at radius 3 is 3.00 bits per heavy atom. The van der Waals surface area contributed by atoms with Crippen molar-refractivity contribution >= 4 is 11.5 Å². The van der Waals surface area contributed by atoms with Crippen molar-refractivity contribution in [2.45, 2.75) is 0 Å². The zero-order chi connectivity index (χ0) is 9.68. The van der Waals surface area contributed by atoms with Gasteiger partial charge in [0.2, 0.25) is 0 Å². The first-order chi connectivity index (χ1) is 6.27. The molecule has 0 aliphatic carbocycles. The fourth-order valence-electron chi connectivity index (χ4n) is 1.07. The maximum atomic E-state index is 8.75. The number of nitrogens with zero attached hydrogens (tertiary/aromatic N) is 2. The van der Waals surface area contributed by atoms with E-state index in [9.17, 15) is 0 Å². The molecule has 13 heavy (non-hydrogen) atoms. The van der Waals surface area contributed by atoms with Crippen LogP contribution in [0.5, 0.6) is 0 Å². The van der Waals surface area contributed by atoms with Crippen molar-refractivity contribution in [1.82, 2.24) is 4.98 Å². The lowest BCUT2D eigenvalue weighted by atomic mass is 10.3. The summed E-state index contributed by atoms with van der Waals surface area (Å²) in [7, 11) is 3.77. The fraction of sp³-hybridized carbons (Fsp3) is 0.444. The van der Waals surface area contributed by atoms with Gasteiger partial charge in [0.25, 0.3) is 0 Å². The summed E-state index contributed by atoms with van der Waals surface area (Å²) in [6.45, 7) is 0.793. The van der Waals surface area contributed by atoms with Crippen molar-refractivity contribution < 1.29 is 5.11 Å². The van der Waals surface area contributed by atoms with Gasteiger partial charge in [-0.1, -0.05) is 0 Å². The topological polar surface area (TPSA) is 48.4 Å². The minimum absolute atomic E-state index is 0.160. The highest BCUT2D eigenvalue weighted by Gasteiger charge is 2.00. The largest absolute Gasteiger partial charge is 0.395 e. The minimum Gasteiger partial charge on any atom is -0.395 e. The Morgan fingerprint density at radius 2 is 2.38 bits per heavy atom. The van der Waals surface area contributed by atoms with E-state index in [1.807, 2.05) is 31.1 Å². The summed E-state index contributed by atoms with van der Waals surface area (Å²) in [4.78, 5) is 6.07. The van der Waals surface area contributed by atoms with E-state index >= 15 is 0 Å². The van der Waals surface area contributed by atoms with Crippen LogP contribution in [0.2, 0.25) is 0 Å². The van der Waals surface area contributed by atoms with Crippen molar-refractivity contribution in [3.8, 4) is 0 Å². The van der Waals surface area contributed by atoms with Crippen molar-refractivity contribution in [2.75, 3.05) is 37.5 Å². The SMILES string of the molecule is CNc1cc(N(C)CCO)ccn1. The van der Waals surface area contributed by atoms with Crippen LogP contribution < -0.4 is 10.2 Å². The number of aliphatic hydroxyl groups is 1. The molecule has 4 heteroatoms. The van der Waals surface area contributed by atoms with Crippen LogP contribution in [0.3, 0.4) is 0 Å². The van der Waals surface area contributed by atoms with E-state index in [0.29, 0.717) is 6.54 Å². The highest BCUT2D eigenvalue weighted by Crippen LogP contribution is 2.14. The van der Waals surface area contributed by atoms with E-state index in [1.54, 1.807) is 6.20 Å². The predicted octanol–water partition coefficient (Wildman–Crippen LogP) is 0.552. The lowest BCUT2D eigenvalue weighted by Crippen LogP contribution is -2.21. The van der Waals surface area contributed by atoms with Crippen LogP contribution in [0.15, 0.2) is 18.3 Å². The summed E-state index contributed by atoms with van der Waals surface area (Å²) in [6.07, 6.45) is 1.75. The molecule has 0 spiro atoms. The minimum atomic E-state index is 0.160. The van der Waals surface area contributed by atoms with E-state index in [4.69, 9.17) is 5.11 Å². The highest BCUT2D eigenvalue weighted by molar-refractivity contribution is 5.52. The van der Waals surface area contributed by atoms with Gasteiger partial charge in [-0.25, -0.2) is 4.98 Å². The maximum absolute atomic E-state index is 8.75. The molecule has 0 aliphatic heterocycles. The van der Waals surface area contributed by atoms with Crippen LogP contribution in [-0.2, 0) is 0 Å². The number of rotatable bonds is 4. The van der Waals surface area contributed by atoms with Crippen molar-refractivity contribution in [2.24, 2.45) is 0 Å². The number of nitrogens with one attached hydrogen (secondary N) is 1. The summed E-state index contributed by atoms with van der Waals surface area (Å²) in [5.41, 5.74) is 1.05. The third-order valence-corrected chi connectivity index (χ3v) is 1.88. The van der Waals surface area contributed by atoms with Gasteiger partial charge in [-0.2, -0.15) is 0 Å². The van der Waals surface area contributed by atoms with Crippen LogP contribution in [-0.4, -0.2) is 37.3 Å². The summed E-state index contributed by atoms with van der Waals surface area (Å²) < 4.78 is 0. The second-order valence-corrected chi connectivity index (χ2v) is 2.79. The second kappa shape index (κ2) is 4.67. The lowest BCUT2D eigenvalue weighted by molar-refractivity contribution is 0.304. The molecular weight excluding hydrogens is 166 g/mol. The first-order valence-electron chi connectivity index (χ1n) is 4.23. The molecule has 0 amide bonds. The number of aliphatic hydroxyl groups excluding tert-OH is 1. The fourth-order valence-corrected chi connectivity index (χ4v) is 1.07. The Bertz CT molecular complexity index is 265. The summed E-state index contributed by atoms with van der Waals surface area (Å²) in [6, 6.07) is 3.85. The van der Waals surface area contributed by atoms with Gasteiger partial charge < -0.3 is 15.3 Å². The van der Waals surface area contributed by atoms with Gasteiger partial charge in [0, 0.05) is 38.6 Å². The summed E-state index contributed by atoms with van der Waals surface area (Å²) in [5, 5.41) is 11.7. The molecule has 2 N–H and O–H groups in total. The molecule has 0 saturated carbocycles. The van der Waals surface area contributed by atoms with Crippen LogP contribution in [0.4, 0.5) is 11.5 Å². The standard InChI is InChI=1S/C9H15N3O/c1-10-9-7-8(3-4-11-9)12(2)5-6-13/h3-4,7,13H,5-6H2,1-2H3,(H,10,11). The average Bonchev–Trinajstić information content (AvgIpc) is 2.18. The number of likely N-dealkylation sites (N-methyl/N-ethyl adjacent to an activating group) is 1. The molecule has 72 valence electrons. The normalized spacial score (nSPS) is 9.77. The third-order valence-electron chi connectivity index (χ3n) is 1.88. The Morgan fingerprint density at radius 1 is 1.62 bits per heavy atom. The van der Waals surface area contributed by atoms with Gasteiger partial charge in [-0.15, -0.1) is 0 Å². The predicted molar refractivity (Wildman–Crippen MR) is 54.1 cm³/mol. The zero-order valence-electron chi connectivity index (χ0n) is 7.99. The van der Waals surface area contributed by atoms with Gasteiger partial charge in [0.15, 0.2) is 0 Å². The molecule has 1 rings (SSSR count). The molecule has 1 aromatic rings. The van der Waals surface area contributed by atoms with E-state index in [0.717, 1.165) is 11.5 Å². The average molecular weight is 181 g/mol. The Labute approximate surface area is 78.2 Å². The quantitative estimate of drug-likeness (QED) is 0.712. The smallest absolute Gasteiger partial charge is 0.127 e. The first kappa shape index (κ1) is 9.80. The molecule has 0 aliphatic rings. The highest BCUT2D eigenvalue weighted by atomic mass is 16.3. The molecule has 0 saturated heterocycles. The molecule has 0 bridgehead atoms. The van der Waals surface area contributed by atoms with Gasteiger partial charge in [-0.05, 0) is 6.07 Å². The van der Waals surface area contributed by atoms with Crippen LogP contribution in [0, 0.1) is 0 Å². The number of aromatic nitrogens is 1. The molecule has 1 aromatic heterocycles. The molecular formula is C9H15N3O. The molecule has 1 heterocycles. The Hall–Kier alpha value is -1.29. The number of hydrogen-bond acceptors (Lipinski definition) is 4. The van der Waals surface area contributed by atoms with Crippen molar-refractivity contribution in [3.05, 3.63) is 18.3 Å². The summed E-state index contributed by atoms with van der Waals surface area (Å²) in [5.74, 6) is 0.835. The van der Waals surface area contributed by atoms with Gasteiger partial charge >= 0.3 is 0 Å². The zero-order valence-corrected chi connectivity index (χ0v) is 7.99. The maximum Gasteiger partial charge on any atom is 0.127 e. The van der Waals surface area contributed by atoms with Crippen molar-refractivity contribution in [1.29, 1.82) is 0 Å². The monoisotopic (exact) mass is 181 g/mol. The van der Waals surface area contributed by atoms with Crippen molar-refractivity contribution in [3.63, 3.8) is 0 Å². The van der Waals surface area contributed by atoms with Crippen LogP contribution >= 0.6 is 0 Å². The molecule has 0 atom stereocenters. The van der Waals surface area contributed by atoms with E-state index in [-0.39, 0.29) is 6.61 Å². The lowest BCUT2D eigenvalue weighted by Gasteiger charge is -2.17. The Kier molecular flexibility index (Phi) is 3.52. The molecule has 4 nitrogen and oxygen atoms in total. The number of pyridine rings is 1. The first-order valence-corrected chi connectivity index (χ1v) is 4.23. The number of anilines is 2. The number of hydrogen-bond donors (Lipinski definition) is 2. The molecule has 0 aromatic carbocycles. The van der Waals surface area contributed by atoms with Gasteiger partial charge in [0.1, 0.15) is 5.82 Å².